The van der Waals surface area contributed by atoms with Gasteiger partial charge in [0.15, 0.2) is 38.9 Å². The Bertz CT molecular complexity index is 816. The molecule has 1 aromatic rings. The van der Waals surface area contributed by atoms with E-state index in [4.69, 9.17) is 5.11 Å². The van der Waals surface area contributed by atoms with Gasteiger partial charge in [-0.15, -0.1) is 0 Å². The maximum Gasteiger partial charge on any atom is 0.407 e. The van der Waals surface area contributed by atoms with E-state index in [1.54, 1.807) is 0 Å². The van der Waals surface area contributed by atoms with Gasteiger partial charge >= 0.3 is 6.09 Å². The fraction of sp³-hybridized carbons (Fsp3) is 0.429. The van der Waals surface area contributed by atoms with Crippen LogP contribution in [0.1, 0.15) is 17.9 Å². The second-order valence-corrected chi connectivity index (χ2v) is 7.94. The maximum absolute atomic E-state index is 13.9. The van der Waals surface area contributed by atoms with E-state index in [1.165, 1.54) is 0 Å². The van der Waals surface area contributed by atoms with E-state index in [2.05, 4.69) is 0 Å². The first kappa shape index (κ1) is 19.2. The fourth-order valence-electron chi connectivity index (χ4n) is 2.87. The fourth-order valence-corrected chi connectivity index (χ4v) is 3.58. The molecular formula is C14H13F4NO5S. The summed E-state index contributed by atoms with van der Waals surface area (Å²) < 4.78 is 76.9. The van der Waals surface area contributed by atoms with Crippen LogP contribution in [0.4, 0.5) is 22.4 Å². The summed E-state index contributed by atoms with van der Waals surface area (Å²) >= 11 is 0. The lowest BCUT2D eigenvalue weighted by Gasteiger charge is -2.19. The summed E-state index contributed by atoms with van der Waals surface area (Å²) in [6.07, 6.45) is -1.34. The lowest BCUT2D eigenvalue weighted by Crippen LogP contribution is -2.41. The molecule has 1 aliphatic rings. The summed E-state index contributed by atoms with van der Waals surface area (Å²) in [7, 11) is -3.76. The Hall–Kier alpha value is -2.17. The molecule has 11 heteroatoms. The van der Waals surface area contributed by atoms with Gasteiger partial charge in [0.1, 0.15) is 5.75 Å². The molecule has 2 rings (SSSR count). The van der Waals surface area contributed by atoms with Gasteiger partial charge in [-0.2, -0.15) is 0 Å². The molecule has 1 aliphatic heterocycles. The highest BCUT2D eigenvalue weighted by atomic mass is 32.2. The molecule has 1 N–H and O–H groups in total. The number of sulfone groups is 1. The molecule has 1 heterocycles. The molecule has 2 unspecified atom stereocenters. The van der Waals surface area contributed by atoms with E-state index < -0.39 is 81.2 Å². The van der Waals surface area contributed by atoms with Gasteiger partial charge in [-0.3, -0.25) is 9.69 Å². The van der Waals surface area contributed by atoms with Crippen LogP contribution >= 0.6 is 0 Å². The zero-order valence-electron chi connectivity index (χ0n) is 12.8. The largest absolute Gasteiger partial charge is 0.465 e. The van der Waals surface area contributed by atoms with Crippen LogP contribution in [0.3, 0.4) is 0 Å². The molecule has 1 amide bonds. The number of hydrogen-bond donors (Lipinski definition) is 1. The van der Waals surface area contributed by atoms with Crippen molar-refractivity contribution in [2.75, 3.05) is 18.6 Å². The van der Waals surface area contributed by atoms with Crippen LogP contribution in [0.15, 0.2) is 6.07 Å². The Morgan fingerprint density at radius 3 is 2.16 bits per heavy atom. The third kappa shape index (κ3) is 3.91. The zero-order chi connectivity index (χ0) is 19.1. The Balaban J connectivity index is 2.41. The molecule has 1 aromatic carbocycles. The highest BCUT2D eigenvalue weighted by molar-refractivity contribution is 7.91. The van der Waals surface area contributed by atoms with Crippen molar-refractivity contribution in [3.05, 3.63) is 34.9 Å². The van der Waals surface area contributed by atoms with Crippen LogP contribution in [0, 0.1) is 23.3 Å². The van der Waals surface area contributed by atoms with Crippen molar-refractivity contribution in [1.82, 2.24) is 4.90 Å². The number of hydrogen-bond acceptors (Lipinski definition) is 4. The number of nitrogens with zero attached hydrogens (tertiary/aromatic N) is 1. The lowest BCUT2D eigenvalue weighted by molar-refractivity contribution is -0.120. The van der Waals surface area contributed by atoms with E-state index in [0.717, 1.165) is 6.26 Å². The number of halogens is 4. The summed E-state index contributed by atoms with van der Waals surface area (Å²) in [6.45, 7) is -0.605. The van der Waals surface area contributed by atoms with Gasteiger partial charge in [-0.1, -0.05) is 0 Å². The number of rotatable bonds is 4. The van der Waals surface area contributed by atoms with Gasteiger partial charge in [-0.05, 0) is 6.42 Å². The molecular weight excluding hydrogens is 370 g/mol. The number of amides is 1. The molecule has 0 aliphatic carbocycles. The van der Waals surface area contributed by atoms with E-state index in [9.17, 15) is 35.6 Å². The van der Waals surface area contributed by atoms with Crippen LogP contribution in [0.5, 0.6) is 0 Å². The second-order valence-electron chi connectivity index (χ2n) is 5.80. The number of carbonyl (C=O) groups is 2. The average molecular weight is 383 g/mol. The minimum atomic E-state index is -3.76. The number of Topliss-reactive ketones (excluding diaryl/α,β-unsaturated/α-hetero) is 1. The van der Waals surface area contributed by atoms with Gasteiger partial charge in [0.2, 0.25) is 0 Å². The predicted molar refractivity (Wildman–Crippen MR) is 76.9 cm³/mol. The summed E-state index contributed by atoms with van der Waals surface area (Å²) in [5.74, 6) is -9.93. The maximum atomic E-state index is 13.9. The Morgan fingerprint density at radius 2 is 1.72 bits per heavy atom. The summed E-state index contributed by atoms with van der Waals surface area (Å²) in [5, 5.41) is 9.13. The molecule has 0 aromatic heterocycles. The van der Waals surface area contributed by atoms with Gasteiger partial charge in [0.25, 0.3) is 0 Å². The van der Waals surface area contributed by atoms with Gasteiger partial charge in [0, 0.05) is 30.3 Å². The van der Waals surface area contributed by atoms with Crippen molar-refractivity contribution < 1.29 is 40.7 Å². The molecule has 0 bridgehead atoms. The third-order valence-corrected chi connectivity index (χ3v) is 4.69. The van der Waals surface area contributed by atoms with Crippen LogP contribution < -0.4 is 0 Å². The number of likely N-dealkylation sites (tertiary alicyclic amines) is 1. The quantitative estimate of drug-likeness (QED) is 0.631. The normalized spacial score (nSPS) is 20.8. The summed E-state index contributed by atoms with van der Waals surface area (Å²) in [5.41, 5.74) is -1.00. The number of carbonyl (C=O) groups excluding carboxylic acids is 1. The van der Waals surface area contributed by atoms with E-state index in [-0.39, 0.29) is 6.07 Å². The second kappa shape index (κ2) is 6.62. The Labute approximate surface area is 140 Å². The monoisotopic (exact) mass is 383 g/mol. The zero-order valence-corrected chi connectivity index (χ0v) is 13.6. The van der Waals surface area contributed by atoms with E-state index in [1.807, 2.05) is 0 Å². The molecule has 25 heavy (non-hydrogen) atoms. The van der Waals surface area contributed by atoms with E-state index in [0.29, 0.717) is 4.90 Å². The Kier molecular flexibility index (Phi) is 5.07. The first-order valence-corrected chi connectivity index (χ1v) is 9.01. The van der Waals surface area contributed by atoms with Crippen molar-refractivity contribution in [3.8, 4) is 0 Å². The highest BCUT2D eigenvalue weighted by Crippen LogP contribution is 2.36. The van der Waals surface area contributed by atoms with Gasteiger partial charge in [-0.25, -0.2) is 30.8 Å². The van der Waals surface area contributed by atoms with Crippen LogP contribution in [-0.4, -0.2) is 54.9 Å². The minimum absolute atomic E-state index is 0.0182. The van der Waals surface area contributed by atoms with E-state index >= 15 is 0 Å². The molecule has 0 saturated carbocycles. The number of benzene rings is 1. The van der Waals surface area contributed by atoms with Crippen molar-refractivity contribution in [2.24, 2.45) is 0 Å². The molecule has 6 nitrogen and oxygen atoms in total. The first-order valence-electron chi connectivity index (χ1n) is 6.95. The third-order valence-electron chi connectivity index (χ3n) is 3.88. The number of ketones is 1. The van der Waals surface area contributed by atoms with Crippen molar-refractivity contribution in [3.63, 3.8) is 0 Å². The Morgan fingerprint density at radius 1 is 1.20 bits per heavy atom. The number of carboxylic acid groups (broad SMARTS) is 1. The summed E-state index contributed by atoms with van der Waals surface area (Å²) in [6, 6.07) is -1.47. The first-order chi connectivity index (χ1) is 11.4. The molecule has 0 radical (unpaired) electrons. The SMILES string of the molecule is CS(=O)(=O)CC(=O)C1CC(c2c(F)c(F)cc(F)c2F)CN1C(=O)O. The topological polar surface area (TPSA) is 91.8 Å². The minimum Gasteiger partial charge on any atom is -0.465 e. The van der Waals surface area contributed by atoms with Crippen molar-refractivity contribution in [2.45, 2.75) is 18.4 Å². The predicted octanol–water partition coefficient (Wildman–Crippen LogP) is 1.69. The van der Waals surface area contributed by atoms with Crippen molar-refractivity contribution in [1.29, 1.82) is 0 Å². The molecule has 138 valence electrons. The summed E-state index contributed by atoms with van der Waals surface area (Å²) in [4.78, 5) is 23.8. The lowest BCUT2D eigenvalue weighted by atomic mass is 9.94. The molecule has 1 saturated heterocycles. The van der Waals surface area contributed by atoms with Crippen LogP contribution in [0.2, 0.25) is 0 Å². The standard InChI is InChI=1S/C14H13F4NO5S/c1-25(23,24)5-10(20)9-2-6(4-19(9)14(21)22)11-12(17)7(15)3-8(16)13(11)18/h3,6,9H,2,4-5H2,1H3,(H,21,22). The van der Waals surface area contributed by atoms with Gasteiger partial charge in [0.05, 0.1) is 6.04 Å². The van der Waals surface area contributed by atoms with Gasteiger partial charge < -0.3 is 5.11 Å². The van der Waals surface area contributed by atoms with Crippen LogP contribution in [-0.2, 0) is 14.6 Å². The average Bonchev–Trinajstić information content (AvgIpc) is 2.89. The highest BCUT2D eigenvalue weighted by Gasteiger charge is 2.43. The van der Waals surface area contributed by atoms with Crippen molar-refractivity contribution >= 4 is 21.7 Å². The molecule has 0 spiro atoms. The molecule has 2 atom stereocenters. The smallest absolute Gasteiger partial charge is 0.407 e. The molecule has 1 fully saturated rings. The van der Waals surface area contributed by atoms with Crippen LogP contribution in [0.25, 0.3) is 0 Å².